The standard InChI is InChI=1S/C68H53N3/c1-4-68(2,3)56-38-41-71-67(46-56)52-36-37-63(64(45-52)47-18-6-5-7-19-47)62-25-13-12-24-61(62)55-43-53(59-22-10-8-20-57(59)48-28-32-50(33-29-48)65-26-14-16-39-69-65)42-54(44-55)60-23-11-9-21-58(60)49-30-34-51(35-31-49)66-27-15-17-40-70-66/h5-46H,4H2,1-3H3. The molecule has 0 unspecified atom stereocenters. The molecule has 3 heteroatoms. The van der Waals surface area contributed by atoms with Crippen LogP contribution in [0.5, 0.6) is 0 Å². The Morgan fingerprint density at radius 2 is 0.648 bits per heavy atom. The fourth-order valence-corrected chi connectivity index (χ4v) is 9.75. The Hall–Kier alpha value is -8.79. The van der Waals surface area contributed by atoms with E-state index in [1.165, 1.54) is 5.56 Å². The molecule has 0 aliphatic carbocycles. The summed E-state index contributed by atoms with van der Waals surface area (Å²) in [6.45, 7) is 6.87. The van der Waals surface area contributed by atoms with Crippen molar-refractivity contribution in [1.29, 1.82) is 0 Å². The fourth-order valence-electron chi connectivity index (χ4n) is 9.75. The van der Waals surface area contributed by atoms with Gasteiger partial charge in [-0.3, -0.25) is 15.0 Å². The van der Waals surface area contributed by atoms with Gasteiger partial charge in [0.1, 0.15) is 0 Å². The smallest absolute Gasteiger partial charge is 0.0705 e. The minimum Gasteiger partial charge on any atom is -0.256 e. The number of hydrogen-bond donors (Lipinski definition) is 0. The van der Waals surface area contributed by atoms with Crippen LogP contribution in [0.15, 0.2) is 255 Å². The summed E-state index contributed by atoms with van der Waals surface area (Å²) in [4.78, 5) is 14.2. The monoisotopic (exact) mass is 911 g/mol. The largest absolute Gasteiger partial charge is 0.256 e. The average molecular weight is 912 g/mol. The van der Waals surface area contributed by atoms with Crippen LogP contribution >= 0.6 is 0 Å². The first-order chi connectivity index (χ1) is 34.9. The van der Waals surface area contributed by atoms with Crippen molar-refractivity contribution >= 4 is 0 Å². The quantitative estimate of drug-likeness (QED) is 0.123. The van der Waals surface area contributed by atoms with Gasteiger partial charge in [-0.2, -0.15) is 0 Å². The van der Waals surface area contributed by atoms with Gasteiger partial charge in [-0.15, -0.1) is 0 Å². The molecule has 0 atom stereocenters. The van der Waals surface area contributed by atoms with Crippen LogP contribution < -0.4 is 0 Å². The van der Waals surface area contributed by atoms with E-state index >= 15 is 0 Å². The fraction of sp³-hybridized carbons (Fsp3) is 0.0735. The van der Waals surface area contributed by atoms with Gasteiger partial charge in [0.15, 0.2) is 0 Å². The van der Waals surface area contributed by atoms with Gasteiger partial charge in [0.05, 0.1) is 17.1 Å². The predicted octanol–water partition coefficient (Wildman–Crippen LogP) is 18.2. The maximum Gasteiger partial charge on any atom is 0.0705 e. The van der Waals surface area contributed by atoms with Crippen molar-refractivity contribution in [3.8, 4) is 112 Å². The third kappa shape index (κ3) is 9.26. The molecule has 11 rings (SSSR count). The van der Waals surface area contributed by atoms with Crippen LogP contribution in [-0.2, 0) is 5.41 Å². The van der Waals surface area contributed by atoms with E-state index < -0.39 is 0 Å². The first-order valence-electron chi connectivity index (χ1n) is 24.5. The zero-order valence-electron chi connectivity index (χ0n) is 40.3. The third-order valence-corrected chi connectivity index (χ3v) is 14.1. The Kier molecular flexibility index (Phi) is 12.4. The second-order valence-corrected chi connectivity index (χ2v) is 18.8. The number of rotatable bonds is 12. The first kappa shape index (κ1) is 44.7. The van der Waals surface area contributed by atoms with E-state index in [2.05, 4.69) is 243 Å². The molecule has 0 amide bonds. The minimum atomic E-state index is 0.0443. The summed E-state index contributed by atoms with van der Waals surface area (Å²) in [5.74, 6) is 0. The predicted molar refractivity (Wildman–Crippen MR) is 298 cm³/mol. The molecule has 0 N–H and O–H groups in total. The van der Waals surface area contributed by atoms with Gasteiger partial charge < -0.3 is 0 Å². The molecule has 0 bridgehead atoms. The van der Waals surface area contributed by atoms with Crippen LogP contribution in [-0.4, -0.2) is 15.0 Å². The highest BCUT2D eigenvalue weighted by molar-refractivity contribution is 5.97. The zero-order chi connectivity index (χ0) is 48.2. The maximum absolute atomic E-state index is 4.93. The van der Waals surface area contributed by atoms with E-state index in [1.807, 2.05) is 42.9 Å². The van der Waals surface area contributed by atoms with Crippen LogP contribution in [0, 0.1) is 0 Å². The van der Waals surface area contributed by atoms with E-state index in [-0.39, 0.29) is 5.41 Å². The molecule has 340 valence electrons. The van der Waals surface area contributed by atoms with E-state index in [9.17, 15) is 0 Å². The molecular formula is C68H53N3. The van der Waals surface area contributed by atoms with Crippen molar-refractivity contribution in [1.82, 2.24) is 15.0 Å². The summed E-state index contributed by atoms with van der Waals surface area (Å²) in [6, 6.07) is 85.4. The number of hydrogen-bond acceptors (Lipinski definition) is 3. The Labute approximate surface area is 417 Å². The second kappa shape index (κ2) is 19.7. The number of nitrogens with zero attached hydrogens (tertiary/aromatic N) is 3. The summed E-state index contributed by atoms with van der Waals surface area (Å²) in [5, 5.41) is 0. The molecule has 0 saturated heterocycles. The Morgan fingerprint density at radius 3 is 1.13 bits per heavy atom. The highest BCUT2D eigenvalue weighted by Crippen LogP contribution is 2.45. The third-order valence-electron chi connectivity index (χ3n) is 14.1. The molecule has 11 aromatic rings. The number of aromatic nitrogens is 3. The SMILES string of the molecule is CCC(C)(C)c1ccnc(-c2ccc(-c3ccccc3-c3cc(-c4ccccc4-c4ccc(-c5ccccn5)cc4)cc(-c4ccccc4-c4ccc(-c5ccccn5)cc4)c3)c(-c3ccccc3)c2)c1. The summed E-state index contributed by atoms with van der Waals surface area (Å²) in [7, 11) is 0. The number of pyridine rings is 3. The molecule has 0 aliphatic heterocycles. The van der Waals surface area contributed by atoms with Crippen LogP contribution in [0.1, 0.15) is 32.8 Å². The van der Waals surface area contributed by atoms with E-state index in [4.69, 9.17) is 4.98 Å². The highest BCUT2D eigenvalue weighted by atomic mass is 14.7. The number of benzene rings is 8. The molecule has 3 nitrogen and oxygen atoms in total. The Morgan fingerprint density at radius 1 is 0.268 bits per heavy atom. The molecule has 0 aliphatic rings. The van der Waals surface area contributed by atoms with Crippen molar-refractivity contribution < 1.29 is 0 Å². The molecule has 3 aromatic heterocycles. The van der Waals surface area contributed by atoms with Crippen molar-refractivity contribution in [2.75, 3.05) is 0 Å². The van der Waals surface area contributed by atoms with Crippen molar-refractivity contribution in [3.63, 3.8) is 0 Å². The topological polar surface area (TPSA) is 38.7 Å². The highest BCUT2D eigenvalue weighted by Gasteiger charge is 2.21. The summed E-state index contributed by atoms with van der Waals surface area (Å²) >= 11 is 0. The van der Waals surface area contributed by atoms with E-state index in [0.29, 0.717) is 0 Å². The lowest BCUT2D eigenvalue weighted by Gasteiger charge is -2.23. The minimum absolute atomic E-state index is 0.0443. The summed E-state index contributed by atoms with van der Waals surface area (Å²) in [5.41, 5.74) is 23.6. The molecule has 71 heavy (non-hydrogen) atoms. The Balaban J connectivity index is 1.09. The summed E-state index contributed by atoms with van der Waals surface area (Å²) in [6.07, 6.45) is 6.70. The average Bonchev–Trinajstić information content (AvgIpc) is 3.45. The normalized spacial score (nSPS) is 11.4. The van der Waals surface area contributed by atoms with Gasteiger partial charge >= 0.3 is 0 Å². The maximum atomic E-state index is 4.93. The lowest BCUT2D eigenvalue weighted by atomic mass is 9.82. The van der Waals surface area contributed by atoms with E-state index in [1.54, 1.807) is 0 Å². The van der Waals surface area contributed by atoms with Crippen molar-refractivity contribution in [2.45, 2.75) is 32.6 Å². The molecule has 0 fully saturated rings. The Bertz CT molecular complexity index is 3470. The lowest BCUT2D eigenvalue weighted by Crippen LogP contribution is -2.15. The second-order valence-electron chi connectivity index (χ2n) is 18.8. The van der Waals surface area contributed by atoms with Crippen molar-refractivity contribution in [3.05, 3.63) is 261 Å². The van der Waals surface area contributed by atoms with Gasteiger partial charge in [-0.1, -0.05) is 197 Å². The first-order valence-corrected chi connectivity index (χ1v) is 24.5. The molecule has 0 saturated carbocycles. The van der Waals surface area contributed by atoms with Crippen LogP contribution in [0.2, 0.25) is 0 Å². The molecule has 0 spiro atoms. The molecule has 0 radical (unpaired) electrons. The van der Waals surface area contributed by atoms with Crippen LogP contribution in [0.3, 0.4) is 0 Å². The summed E-state index contributed by atoms with van der Waals surface area (Å²) < 4.78 is 0. The van der Waals surface area contributed by atoms with Gasteiger partial charge in [0.2, 0.25) is 0 Å². The van der Waals surface area contributed by atoms with Crippen LogP contribution in [0.4, 0.5) is 0 Å². The molecule has 8 aromatic carbocycles. The van der Waals surface area contributed by atoms with Gasteiger partial charge in [-0.05, 0) is 156 Å². The van der Waals surface area contributed by atoms with E-state index in [0.717, 1.165) is 118 Å². The molecule has 3 heterocycles. The lowest BCUT2D eigenvalue weighted by molar-refractivity contribution is 0.506. The zero-order valence-corrected chi connectivity index (χ0v) is 40.3. The van der Waals surface area contributed by atoms with Gasteiger partial charge in [0, 0.05) is 35.3 Å². The van der Waals surface area contributed by atoms with Gasteiger partial charge in [0.25, 0.3) is 0 Å². The molecular weight excluding hydrogens is 859 g/mol. The van der Waals surface area contributed by atoms with Crippen LogP contribution in [0.25, 0.3) is 112 Å². The van der Waals surface area contributed by atoms with Gasteiger partial charge in [-0.25, -0.2) is 0 Å². The van der Waals surface area contributed by atoms with Crippen molar-refractivity contribution in [2.24, 2.45) is 0 Å².